The van der Waals surface area contributed by atoms with Gasteiger partial charge in [0.15, 0.2) is 0 Å². The molecule has 0 aromatic rings. The van der Waals surface area contributed by atoms with Gasteiger partial charge in [0.1, 0.15) is 0 Å². The van der Waals surface area contributed by atoms with E-state index >= 15 is 0 Å². The summed E-state index contributed by atoms with van der Waals surface area (Å²) in [5.41, 5.74) is 1.09. The van der Waals surface area contributed by atoms with Crippen LogP contribution in [0.1, 0.15) is 27.7 Å². The topological polar surface area (TPSA) is 21.3 Å². The molecule has 0 aliphatic rings. The Morgan fingerprint density at radius 1 is 1.50 bits per heavy atom. The molecule has 0 rings (SSSR count). The van der Waals surface area contributed by atoms with Crippen LogP contribution in [0.15, 0.2) is 12.2 Å². The Morgan fingerprint density at radius 3 is 2.50 bits per heavy atom. The SMILES string of the molecule is C=C(C)CNCC(C)(C)OCC. The second kappa shape index (κ2) is 5.33. The molecule has 1 N–H and O–H groups in total. The van der Waals surface area contributed by atoms with Crippen LogP contribution in [0.2, 0.25) is 0 Å². The molecule has 0 atom stereocenters. The van der Waals surface area contributed by atoms with E-state index in [-0.39, 0.29) is 5.60 Å². The molecule has 0 heterocycles. The zero-order valence-corrected chi connectivity index (χ0v) is 8.74. The van der Waals surface area contributed by atoms with Gasteiger partial charge in [0.05, 0.1) is 5.60 Å². The van der Waals surface area contributed by atoms with Crippen LogP contribution in [0.5, 0.6) is 0 Å². The lowest BCUT2D eigenvalue weighted by Crippen LogP contribution is -2.38. The maximum absolute atomic E-state index is 5.52. The molecule has 0 saturated carbocycles. The minimum atomic E-state index is -0.0653. The summed E-state index contributed by atoms with van der Waals surface area (Å²) >= 11 is 0. The maximum atomic E-state index is 5.52. The van der Waals surface area contributed by atoms with Gasteiger partial charge in [0.2, 0.25) is 0 Å². The lowest BCUT2D eigenvalue weighted by Gasteiger charge is -2.25. The van der Waals surface area contributed by atoms with Gasteiger partial charge in [-0.2, -0.15) is 0 Å². The van der Waals surface area contributed by atoms with Crippen LogP contribution in [-0.2, 0) is 4.74 Å². The summed E-state index contributed by atoms with van der Waals surface area (Å²) in [7, 11) is 0. The average Bonchev–Trinajstić information content (AvgIpc) is 1.85. The van der Waals surface area contributed by atoms with Crippen molar-refractivity contribution in [3.8, 4) is 0 Å². The zero-order valence-electron chi connectivity index (χ0n) is 8.74. The molecule has 2 heteroatoms. The molecule has 12 heavy (non-hydrogen) atoms. The van der Waals surface area contributed by atoms with Crippen molar-refractivity contribution in [1.82, 2.24) is 5.32 Å². The van der Waals surface area contributed by atoms with Crippen molar-refractivity contribution in [3.63, 3.8) is 0 Å². The quantitative estimate of drug-likeness (QED) is 0.617. The molecule has 72 valence electrons. The Labute approximate surface area is 76.0 Å². The van der Waals surface area contributed by atoms with E-state index in [9.17, 15) is 0 Å². The second-order valence-electron chi connectivity index (χ2n) is 3.75. The van der Waals surface area contributed by atoms with Gasteiger partial charge < -0.3 is 10.1 Å². The third kappa shape index (κ3) is 6.38. The van der Waals surface area contributed by atoms with Gasteiger partial charge in [-0.15, -0.1) is 0 Å². The van der Waals surface area contributed by atoms with E-state index in [1.54, 1.807) is 0 Å². The second-order valence-corrected chi connectivity index (χ2v) is 3.75. The van der Waals surface area contributed by atoms with Crippen LogP contribution >= 0.6 is 0 Å². The fourth-order valence-corrected chi connectivity index (χ4v) is 1.02. The van der Waals surface area contributed by atoms with E-state index in [1.165, 1.54) is 0 Å². The van der Waals surface area contributed by atoms with Gasteiger partial charge in [-0.05, 0) is 27.7 Å². The number of nitrogens with one attached hydrogen (secondary N) is 1. The smallest absolute Gasteiger partial charge is 0.0750 e. The molecule has 2 nitrogen and oxygen atoms in total. The Hall–Kier alpha value is -0.340. The lowest BCUT2D eigenvalue weighted by atomic mass is 10.1. The van der Waals surface area contributed by atoms with Crippen LogP contribution in [0.25, 0.3) is 0 Å². The van der Waals surface area contributed by atoms with Crippen molar-refractivity contribution >= 4 is 0 Å². The molecule has 0 unspecified atom stereocenters. The first-order valence-corrected chi connectivity index (χ1v) is 4.47. The minimum Gasteiger partial charge on any atom is -0.375 e. The van der Waals surface area contributed by atoms with Crippen LogP contribution < -0.4 is 5.32 Å². The Bertz CT molecular complexity index is 141. The molecule has 0 spiro atoms. The normalized spacial score (nSPS) is 11.7. The van der Waals surface area contributed by atoms with E-state index in [2.05, 4.69) is 25.7 Å². The fraction of sp³-hybridized carbons (Fsp3) is 0.800. The van der Waals surface area contributed by atoms with Gasteiger partial charge in [0, 0.05) is 19.7 Å². The molecular weight excluding hydrogens is 150 g/mol. The molecule has 0 amide bonds. The van der Waals surface area contributed by atoms with Crippen molar-refractivity contribution in [2.45, 2.75) is 33.3 Å². The monoisotopic (exact) mass is 171 g/mol. The van der Waals surface area contributed by atoms with Crippen molar-refractivity contribution in [3.05, 3.63) is 12.2 Å². The maximum Gasteiger partial charge on any atom is 0.0750 e. The lowest BCUT2D eigenvalue weighted by molar-refractivity contribution is -0.00821. The van der Waals surface area contributed by atoms with Gasteiger partial charge in [-0.1, -0.05) is 12.2 Å². The third-order valence-electron chi connectivity index (χ3n) is 1.51. The first-order chi connectivity index (χ1) is 5.48. The van der Waals surface area contributed by atoms with Gasteiger partial charge in [0.25, 0.3) is 0 Å². The van der Waals surface area contributed by atoms with E-state index in [0.29, 0.717) is 0 Å². The summed E-state index contributed by atoms with van der Waals surface area (Å²) in [6.45, 7) is 14.5. The summed E-state index contributed by atoms with van der Waals surface area (Å²) in [6.07, 6.45) is 0. The first-order valence-electron chi connectivity index (χ1n) is 4.47. The highest BCUT2D eigenvalue weighted by Crippen LogP contribution is 2.06. The fourth-order valence-electron chi connectivity index (χ4n) is 1.02. The van der Waals surface area contributed by atoms with E-state index in [1.807, 2.05) is 13.8 Å². The Kier molecular flexibility index (Phi) is 5.18. The van der Waals surface area contributed by atoms with Crippen LogP contribution in [0, 0.1) is 0 Å². The average molecular weight is 171 g/mol. The molecule has 0 bridgehead atoms. The number of ether oxygens (including phenoxy) is 1. The number of hydrogen-bond acceptors (Lipinski definition) is 2. The predicted molar refractivity (Wildman–Crippen MR) is 53.4 cm³/mol. The van der Waals surface area contributed by atoms with E-state index in [0.717, 1.165) is 25.3 Å². The molecule has 0 aromatic heterocycles. The third-order valence-corrected chi connectivity index (χ3v) is 1.51. The Morgan fingerprint density at radius 2 is 2.08 bits per heavy atom. The molecule has 0 aliphatic carbocycles. The molecule has 0 fully saturated rings. The number of rotatable bonds is 6. The van der Waals surface area contributed by atoms with E-state index in [4.69, 9.17) is 4.74 Å². The van der Waals surface area contributed by atoms with E-state index < -0.39 is 0 Å². The first kappa shape index (κ1) is 11.7. The summed E-state index contributed by atoms with van der Waals surface area (Å²) < 4.78 is 5.52. The highest BCUT2D eigenvalue weighted by Gasteiger charge is 2.15. The summed E-state index contributed by atoms with van der Waals surface area (Å²) in [6, 6.07) is 0. The predicted octanol–water partition coefficient (Wildman–Crippen LogP) is 1.97. The highest BCUT2D eigenvalue weighted by atomic mass is 16.5. The van der Waals surface area contributed by atoms with Crippen molar-refractivity contribution in [1.29, 1.82) is 0 Å². The van der Waals surface area contributed by atoms with Gasteiger partial charge in [-0.3, -0.25) is 0 Å². The number of hydrogen-bond donors (Lipinski definition) is 1. The van der Waals surface area contributed by atoms with Crippen LogP contribution in [-0.4, -0.2) is 25.3 Å². The highest BCUT2D eigenvalue weighted by molar-refractivity contribution is 4.91. The molecule has 0 radical (unpaired) electrons. The molecule has 0 aromatic carbocycles. The standard InChI is InChI=1S/C10H21NO/c1-6-12-10(4,5)8-11-7-9(2)3/h11H,2,6-8H2,1,3-5H3. The Balaban J connectivity index is 3.53. The van der Waals surface area contributed by atoms with Gasteiger partial charge >= 0.3 is 0 Å². The largest absolute Gasteiger partial charge is 0.375 e. The van der Waals surface area contributed by atoms with Crippen molar-refractivity contribution in [2.75, 3.05) is 19.7 Å². The summed E-state index contributed by atoms with van der Waals surface area (Å²) in [4.78, 5) is 0. The summed E-state index contributed by atoms with van der Waals surface area (Å²) in [5, 5.41) is 3.29. The molecular formula is C10H21NO. The van der Waals surface area contributed by atoms with Crippen molar-refractivity contribution in [2.24, 2.45) is 0 Å². The van der Waals surface area contributed by atoms with Gasteiger partial charge in [-0.25, -0.2) is 0 Å². The zero-order chi connectivity index (χ0) is 9.61. The van der Waals surface area contributed by atoms with Crippen LogP contribution in [0.3, 0.4) is 0 Å². The molecule has 0 saturated heterocycles. The molecule has 0 aliphatic heterocycles. The van der Waals surface area contributed by atoms with Crippen molar-refractivity contribution < 1.29 is 4.74 Å². The van der Waals surface area contributed by atoms with Crippen LogP contribution in [0.4, 0.5) is 0 Å². The minimum absolute atomic E-state index is 0.0653. The summed E-state index contributed by atoms with van der Waals surface area (Å²) in [5.74, 6) is 0.